The molecule has 0 fully saturated rings. The van der Waals surface area contributed by atoms with Gasteiger partial charge in [0, 0.05) is 33.2 Å². The highest BCUT2D eigenvalue weighted by molar-refractivity contribution is 5.79. The number of imidazole rings is 4. The summed E-state index contributed by atoms with van der Waals surface area (Å²) in [6.45, 7) is 13.9. The molecule has 0 aliphatic rings. The van der Waals surface area contributed by atoms with E-state index in [1.54, 1.807) is 21.3 Å². The second-order valence-corrected chi connectivity index (χ2v) is 30.4. The second kappa shape index (κ2) is 39.4. The Morgan fingerprint density at radius 1 is 0.297 bits per heavy atom. The first-order valence-corrected chi connectivity index (χ1v) is 40.1. The summed E-state index contributed by atoms with van der Waals surface area (Å²) in [7, 11) is 4.98. The molecule has 16 aromatic rings. The van der Waals surface area contributed by atoms with Gasteiger partial charge in [-0.05, 0) is 147 Å². The minimum Gasteiger partial charge on any atom is -0.394 e. The first-order valence-electron chi connectivity index (χ1n) is 40.1. The SMILES string of the molecule is COC[C@@H]([C@@H](O)c1ccccc1)n1c(=N)n(Cc2ccc(C)cc2)c2ccccc21.COC[C@H](Cc1ccccc1)n1c(=N)n(Cc2ccc(C)cc2)c2ccccc21.COC[C@H]([C@H](O)c1ccccc1)n1c(=N)n(Cc2ccc(C)cc2)c2ccccc21.Cc1ccc(Cn2c(=N)n(C(CO)Cc3ccc(C)nc3)c3ccccc32)cc1. The standard InChI is InChI=1S/2C25H27N3O2.C25H27N3O.C24H26N4O/c2*1-18-12-14-19(15-13-18)16-27-21-10-6-7-11-22(21)28(25(27)26)23(17-30-2)24(29)20-8-4-3-5-9-20;1-19-12-14-21(15-13-19)17-27-23-10-6-7-11-24(23)28(25(27)26)22(18-29-2)16-20-8-4-3-5-9-20;1-17-7-10-19(11-8-17)15-27-22-5-3-4-6-23(22)28(24(27)25)21(16-29)13-20-12-9-18(2)26-14-20/h2*3-15,23-24,26,29H,16-17H2,1-2H3;3-15,22,26H,16-18H2,1-2H3;3-12,14,21,25,29H,13,15-16H2,1-2H3/t2*23-,24-;22-;/m100./s1. The molecular weight excluding hydrogens is 1470 g/mol. The van der Waals surface area contributed by atoms with Crippen LogP contribution < -0.4 is 22.5 Å². The highest BCUT2D eigenvalue weighted by Gasteiger charge is 2.30. The van der Waals surface area contributed by atoms with E-state index in [0.717, 1.165) is 89.6 Å². The van der Waals surface area contributed by atoms with Gasteiger partial charge in [-0.1, -0.05) is 265 Å². The highest BCUT2D eigenvalue weighted by Crippen LogP contribution is 2.33. The molecule has 5 aromatic heterocycles. The molecule has 11 aromatic carbocycles. The van der Waals surface area contributed by atoms with Crippen molar-refractivity contribution < 1.29 is 29.5 Å². The first kappa shape index (κ1) is 83.4. The number of nitrogens with zero attached hydrogens (tertiary/aromatic N) is 9. The van der Waals surface area contributed by atoms with Gasteiger partial charge in [0.05, 0.1) is 121 Å². The van der Waals surface area contributed by atoms with E-state index in [4.69, 9.17) is 35.8 Å². The number of para-hydroxylation sites is 8. The second-order valence-electron chi connectivity index (χ2n) is 30.4. The molecule has 1 unspecified atom stereocenters. The Labute approximate surface area is 689 Å². The molecule has 0 spiro atoms. The molecule has 19 nitrogen and oxygen atoms in total. The predicted octanol–water partition coefficient (Wildman–Crippen LogP) is 16.9. The van der Waals surface area contributed by atoms with E-state index >= 15 is 0 Å². The Hall–Kier alpha value is -12.6. The van der Waals surface area contributed by atoms with E-state index in [1.807, 2.05) is 204 Å². The molecule has 7 N–H and O–H groups in total. The van der Waals surface area contributed by atoms with E-state index in [-0.39, 0.29) is 18.7 Å². The van der Waals surface area contributed by atoms with E-state index in [1.165, 1.54) is 33.4 Å². The van der Waals surface area contributed by atoms with Crippen molar-refractivity contribution in [2.24, 2.45) is 0 Å². The first-order chi connectivity index (χ1) is 57.4. The van der Waals surface area contributed by atoms with E-state index in [9.17, 15) is 15.3 Å². The Bertz CT molecular complexity index is 5990. The van der Waals surface area contributed by atoms with Crippen molar-refractivity contribution in [2.75, 3.05) is 47.8 Å². The summed E-state index contributed by atoms with van der Waals surface area (Å²) in [4.78, 5) is 4.37. The summed E-state index contributed by atoms with van der Waals surface area (Å²) < 4.78 is 32.4. The van der Waals surface area contributed by atoms with Crippen LogP contribution in [0.15, 0.2) is 303 Å². The molecule has 0 radical (unpaired) electrons. The monoisotopic (exact) mass is 1570 g/mol. The van der Waals surface area contributed by atoms with Crippen molar-refractivity contribution in [3.05, 3.63) is 398 Å². The van der Waals surface area contributed by atoms with E-state index in [2.05, 4.69) is 175 Å². The van der Waals surface area contributed by atoms with Crippen molar-refractivity contribution in [1.82, 2.24) is 41.5 Å². The maximum absolute atomic E-state index is 11.2. The minimum atomic E-state index is -0.793. The van der Waals surface area contributed by atoms with Crippen molar-refractivity contribution >= 4 is 44.1 Å². The van der Waals surface area contributed by atoms with Gasteiger partial charge in [0.15, 0.2) is 0 Å². The van der Waals surface area contributed by atoms with Crippen molar-refractivity contribution in [2.45, 2.75) is 110 Å². The fraction of sp³-hybridized carbons (Fsp3) is 0.242. The number of aliphatic hydroxyl groups is 3. The molecule has 19 heteroatoms. The minimum absolute atomic E-state index is 0.0387. The molecule has 118 heavy (non-hydrogen) atoms. The number of pyridine rings is 1. The number of aromatic nitrogens is 9. The Morgan fingerprint density at radius 2 is 0.568 bits per heavy atom. The topological polar surface area (TPSA) is 236 Å². The Kier molecular flexibility index (Phi) is 27.8. The third-order valence-corrected chi connectivity index (χ3v) is 21.9. The van der Waals surface area contributed by atoms with Crippen LogP contribution in [-0.2, 0) is 53.2 Å². The molecule has 0 aliphatic carbocycles. The van der Waals surface area contributed by atoms with Gasteiger partial charge < -0.3 is 66.1 Å². The fourth-order valence-electron chi connectivity index (χ4n) is 15.7. The Morgan fingerprint density at radius 3 is 0.873 bits per heavy atom. The predicted molar refractivity (Wildman–Crippen MR) is 469 cm³/mol. The van der Waals surface area contributed by atoms with Crippen LogP contribution in [0.3, 0.4) is 0 Å². The number of hydrogen-bond acceptors (Lipinski definition) is 11. The molecular formula is C99H107N13O6. The van der Waals surface area contributed by atoms with Crippen LogP contribution in [-0.4, -0.2) is 105 Å². The molecule has 0 saturated heterocycles. The molecule has 0 amide bonds. The summed E-state index contributed by atoms with van der Waals surface area (Å²) in [5, 5.41) is 68.4. The highest BCUT2D eigenvalue weighted by atomic mass is 16.5. The van der Waals surface area contributed by atoms with E-state index in [0.29, 0.717) is 74.9 Å². The van der Waals surface area contributed by atoms with Gasteiger partial charge in [0.2, 0.25) is 22.5 Å². The lowest BCUT2D eigenvalue weighted by Crippen LogP contribution is -2.33. The van der Waals surface area contributed by atoms with Gasteiger partial charge in [-0.2, -0.15) is 0 Å². The maximum Gasteiger partial charge on any atom is 0.203 e. The number of benzene rings is 11. The van der Waals surface area contributed by atoms with Crippen LogP contribution in [0, 0.1) is 56.3 Å². The molecule has 16 rings (SSSR count). The largest absolute Gasteiger partial charge is 0.394 e. The molecule has 0 aliphatic heterocycles. The lowest BCUT2D eigenvalue weighted by Gasteiger charge is -2.25. The number of nitrogens with one attached hydrogen (secondary N) is 4. The van der Waals surface area contributed by atoms with Crippen molar-refractivity contribution in [3.63, 3.8) is 0 Å². The zero-order valence-corrected chi connectivity index (χ0v) is 68.5. The summed E-state index contributed by atoms with van der Waals surface area (Å²) in [6, 6.07) is 98.5. The number of aliphatic hydroxyl groups excluding tert-OH is 3. The summed E-state index contributed by atoms with van der Waals surface area (Å²) >= 11 is 0. The average molecular weight is 1580 g/mol. The lowest BCUT2D eigenvalue weighted by atomic mass is 10.0. The van der Waals surface area contributed by atoms with Crippen molar-refractivity contribution in [3.8, 4) is 0 Å². The number of aryl methyl sites for hydroxylation is 5. The van der Waals surface area contributed by atoms with Gasteiger partial charge in [0.25, 0.3) is 0 Å². The van der Waals surface area contributed by atoms with Gasteiger partial charge in [-0.25, -0.2) is 0 Å². The summed E-state index contributed by atoms with van der Waals surface area (Å²) in [5.41, 5.74) is 23.8. The smallest absolute Gasteiger partial charge is 0.203 e. The summed E-state index contributed by atoms with van der Waals surface area (Å²) in [6.07, 6.45) is 1.72. The fourth-order valence-corrected chi connectivity index (χ4v) is 15.7. The maximum atomic E-state index is 11.2. The molecule has 0 bridgehead atoms. The van der Waals surface area contributed by atoms with Crippen LogP contribution in [0.4, 0.5) is 0 Å². The third kappa shape index (κ3) is 19.4. The van der Waals surface area contributed by atoms with Crippen molar-refractivity contribution in [1.29, 1.82) is 21.6 Å². The lowest BCUT2D eigenvalue weighted by molar-refractivity contribution is 0.0526. The van der Waals surface area contributed by atoms with Crippen LogP contribution in [0.5, 0.6) is 0 Å². The van der Waals surface area contributed by atoms with Crippen LogP contribution in [0.1, 0.15) is 109 Å². The number of rotatable bonds is 27. The van der Waals surface area contributed by atoms with E-state index < -0.39 is 24.3 Å². The quantitative estimate of drug-likeness (QED) is 0.0263. The van der Waals surface area contributed by atoms with Gasteiger partial charge >= 0.3 is 0 Å². The molecule has 0 saturated carbocycles. The normalized spacial score (nSPS) is 12.9. The van der Waals surface area contributed by atoms with Gasteiger partial charge in [-0.3, -0.25) is 26.6 Å². The molecule has 604 valence electrons. The van der Waals surface area contributed by atoms with Crippen LogP contribution in [0.2, 0.25) is 0 Å². The molecule has 6 atom stereocenters. The number of ether oxygens (including phenoxy) is 3. The van der Waals surface area contributed by atoms with Gasteiger partial charge in [-0.15, -0.1) is 0 Å². The Balaban J connectivity index is 0.000000136. The summed E-state index contributed by atoms with van der Waals surface area (Å²) in [5.74, 6) is 0. The molecule has 5 heterocycles. The van der Waals surface area contributed by atoms with Crippen LogP contribution >= 0.6 is 0 Å². The van der Waals surface area contributed by atoms with Gasteiger partial charge in [0.1, 0.15) is 12.2 Å². The van der Waals surface area contributed by atoms with Crippen LogP contribution in [0.25, 0.3) is 44.1 Å². The zero-order chi connectivity index (χ0) is 82.8. The average Bonchev–Trinajstić information content (AvgIpc) is 1.62. The zero-order valence-electron chi connectivity index (χ0n) is 68.5. The number of fused-ring (bicyclic) bond motifs is 4. The number of hydrogen-bond donors (Lipinski definition) is 7. The third-order valence-electron chi connectivity index (χ3n) is 21.9. The number of methoxy groups -OCH3 is 3.